The molecule has 6 nitrogen and oxygen atoms in total. The highest BCUT2D eigenvalue weighted by molar-refractivity contribution is 5.22. The zero-order chi connectivity index (χ0) is 14.1. The van der Waals surface area contributed by atoms with Gasteiger partial charge in [-0.2, -0.15) is 5.10 Å². The molecule has 0 radical (unpaired) electrons. The van der Waals surface area contributed by atoms with Crippen molar-refractivity contribution in [1.29, 1.82) is 0 Å². The van der Waals surface area contributed by atoms with Crippen LogP contribution in [0.5, 0.6) is 0 Å². The zero-order valence-electron chi connectivity index (χ0n) is 11.5. The minimum absolute atomic E-state index is 0.0352. The van der Waals surface area contributed by atoms with Crippen molar-refractivity contribution in [3.8, 4) is 0 Å². The van der Waals surface area contributed by atoms with Crippen molar-refractivity contribution < 1.29 is 5.11 Å². The monoisotopic (exact) mass is 274 g/mol. The lowest BCUT2D eigenvalue weighted by Gasteiger charge is -2.26. The van der Waals surface area contributed by atoms with Crippen molar-refractivity contribution in [2.45, 2.75) is 26.2 Å². The third-order valence-electron chi connectivity index (χ3n) is 3.70. The average molecular weight is 274 g/mol. The van der Waals surface area contributed by atoms with Crippen LogP contribution in [0.3, 0.4) is 0 Å². The second-order valence-electron chi connectivity index (χ2n) is 5.16. The Balaban J connectivity index is 1.72. The van der Waals surface area contributed by atoms with E-state index in [-0.39, 0.29) is 12.3 Å². The van der Waals surface area contributed by atoms with Crippen molar-refractivity contribution in [2.75, 3.05) is 6.54 Å². The molecule has 0 unspecified atom stereocenters. The molecule has 0 atom stereocenters. The molecule has 6 heteroatoms. The maximum atomic E-state index is 11.8. The molecule has 1 aromatic carbocycles. The van der Waals surface area contributed by atoms with Gasteiger partial charge in [0.2, 0.25) is 0 Å². The van der Waals surface area contributed by atoms with Crippen LogP contribution in [0.1, 0.15) is 17.0 Å². The van der Waals surface area contributed by atoms with Crippen LogP contribution in [0.25, 0.3) is 0 Å². The van der Waals surface area contributed by atoms with E-state index in [0.29, 0.717) is 13.1 Å². The van der Waals surface area contributed by atoms with E-state index in [0.717, 1.165) is 24.5 Å². The van der Waals surface area contributed by atoms with Gasteiger partial charge in [-0.25, -0.2) is 9.48 Å². The van der Waals surface area contributed by atoms with Crippen LogP contribution in [0.15, 0.2) is 29.1 Å². The van der Waals surface area contributed by atoms with E-state index in [2.05, 4.69) is 10.00 Å². The number of aliphatic hydroxyl groups excluding tert-OH is 1. The number of aryl methyl sites for hydroxylation is 1. The van der Waals surface area contributed by atoms with Gasteiger partial charge < -0.3 is 5.11 Å². The highest BCUT2D eigenvalue weighted by Crippen LogP contribution is 2.13. The Morgan fingerprint density at radius 1 is 1.20 bits per heavy atom. The smallest absolute Gasteiger partial charge is 0.345 e. The molecule has 0 spiro atoms. The fraction of sp³-hybridized carbons (Fsp3) is 0.429. The molecule has 1 aromatic heterocycles. The summed E-state index contributed by atoms with van der Waals surface area (Å²) < 4.78 is 3.14. The predicted molar refractivity (Wildman–Crippen MR) is 73.9 cm³/mol. The highest BCUT2D eigenvalue weighted by Gasteiger charge is 2.20. The van der Waals surface area contributed by atoms with E-state index in [1.165, 1.54) is 10.2 Å². The number of fused-ring (bicyclic) bond motifs is 1. The Labute approximate surface area is 116 Å². The Morgan fingerprint density at radius 3 is 2.60 bits per heavy atom. The highest BCUT2D eigenvalue weighted by atomic mass is 16.3. The normalized spacial score (nSPS) is 15.3. The minimum Gasteiger partial charge on any atom is -0.392 e. The molecule has 0 saturated heterocycles. The van der Waals surface area contributed by atoms with Gasteiger partial charge in [0.1, 0.15) is 5.82 Å². The van der Waals surface area contributed by atoms with E-state index in [4.69, 9.17) is 5.11 Å². The number of aromatic nitrogens is 3. The molecule has 0 bridgehead atoms. The summed E-state index contributed by atoms with van der Waals surface area (Å²) in [5.74, 6) is 0.829. The number of benzene rings is 1. The maximum absolute atomic E-state index is 11.8. The van der Waals surface area contributed by atoms with Crippen molar-refractivity contribution in [3.63, 3.8) is 0 Å². The molecule has 106 valence electrons. The third-order valence-corrected chi connectivity index (χ3v) is 3.70. The van der Waals surface area contributed by atoms with Crippen molar-refractivity contribution in [2.24, 2.45) is 7.05 Å². The molecule has 20 heavy (non-hydrogen) atoms. The first-order valence-corrected chi connectivity index (χ1v) is 6.71. The molecular weight excluding hydrogens is 256 g/mol. The molecular formula is C14H18N4O2. The molecule has 1 aliphatic heterocycles. The fourth-order valence-electron chi connectivity index (χ4n) is 2.56. The summed E-state index contributed by atoms with van der Waals surface area (Å²) in [4.78, 5) is 14.0. The van der Waals surface area contributed by atoms with Gasteiger partial charge in [0, 0.05) is 26.7 Å². The van der Waals surface area contributed by atoms with Gasteiger partial charge in [0.05, 0.1) is 13.2 Å². The number of aliphatic hydroxyl groups is 1. The van der Waals surface area contributed by atoms with Gasteiger partial charge >= 0.3 is 5.69 Å². The standard InChI is InChI=1S/C14H18N4O2/c1-16-14(20)18-7-6-17(9-13(18)15-16)8-11-2-4-12(10-19)5-3-11/h2-5,19H,6-10H2,1H3. The lowest BCUT2D eigenvalue weighted by atomic mass is 10.1. The van der Waals surface area contributed by atoms with E-state index >= 15 is 0 Å². The van der Waals surface area contributed by atoms with Crippen molar-refractivity contribution in [1.82, 2.24) is 19.2 Å². The topological polar surface area (TPSA) is 63.3 Å². The SMILES string of the molecule is Cn1nc2n(c1=O)CCN(Cc1ccc(CO)cc1)C2. The van der Waals surface area contributed by atoms with Crippen LogP contribution in [0.2, 0.25) is 0 Å². The summed E-state index contributed by atoms with van der Waals surface area (Å²) in [7, 11) is 1.69. The van der Waals surface area contributed by atoms with Gasteiger partial charge in [0.25, 0.3) is 0 Å². The second-order valence-corrected chi connectivity index (χ2v) is 5.16. The zero-order valence-corrected chi connectivity index (χ0v) is 11.5. The van der Waals surface area contributed by atoms with Crippen LogP contribution in [0.4, 0.5) is 0 Å². The quantitative estimate of drug-likeness (QED) is 0.861. The van der Waals surface area contributed by atoms with E-state index in [1.807, 2.05) is 24.3 Å². The van der Waals surface area contributed by atoms with Gasteiger partial charge in [-0.1, -0.05) is 24.3 Å². The largest absolute Gasteiger partial charge is 0.392 e. The van der Waals surface area contributed by atoms with Crippen LogP contribution in [-0.2, 0) is 33.3 Å². The molecule has 2 heterocycles. The maximum Gasteiger partial charge on any atom is 0.345 e. The van der Waals surface area contributed by atoms with Crippen LogP contribution in [0, 0.1) is 0 Å². The van der Waals surface area contributed by atoms with Crippen LogP contribution in [-0.4, -0.2) is 30.9 Å². The summed E-state index contributed by atoms with van der Waals surface area (Å²) in [5, 5.41) is 13.3. The van der Waals surface area contributed by atoms with Crippen LogP contribution >= 0.6 is 0 Å². The van der Waals surface area contributed by atoms with E-state index < -0.39 is 0 Å². The molecule has 0 amide bonds. The Hall–Kier alpha value is -1.92. The first kappa shape index (κ1) is 13.1. The molecule has 2 aromatic rings. The molecule has 1 aliphatic rings. The first-order chi connectivity index (χ1) is 9.67. The Morgan fingerprint density at radius 2 is 1.90 bits per heavy atom. The molecule has 1 N–H and O–H groups in total. The second kappa shape index (κ2) is 5.22. The summed E-state index contributed by atoms with van der Waals surface area (Å²) in [5.41, 5.74) is 2.09. The minimum atomic E-state index is -0.0352. The molecule has 0 fully saturated rings. The lowest BCUT2D eigenvalue weighted by molar-refractivity contribution is 0.207. The number of hydrogen-bond donors (Lipinski definition) is 1. The molecule has 0 aliphatic carbocycles. The van der Waals surface area contributed by atoms with Gasteiger partial charge in [-0.15, -0.1) is 0 Å². The number of hydrogen-bond acceptors (Lipinski definition) is 4. The number of rotatable bonds is 3. The Kier molecular flexibility index (Phi) is 3.42. The summed E-state index contributed by atoms with van der Waals surface area (Å²) >= 11 is 0. The lowest BCUT2D eigenvalue weighted by Crippen LogP contribution is -2.37. The fourth-order valence-corrected chi connectivity index (χ4v) is 2.56. The van der Waals surface area contributed by atoms with Crippen molar-refractivity contribution in [3.05, 3.63) is 51.7 Å². The summed E-state index contributed by atoms with van der Waals surface area (Å²) in [6.07, 6.45) is 0. The summed E-state index contributed by atoms with van der Waals surface area (Å²) in [6, 6.07) is 7.95. The van der Waals surface area contributed by atoms with Gasteiger partial charge in [-0.05, 0) is 11.1 Å². The van der Waals surface area contributed by atoms with E-state index in [9.17, 15) is 4.79 Å². The van der Waals surface area contributed by atoms with Gasteiger partial charge in [-0.3, -0.25) is 9.47 Å². The van der Waals surface area contributed by atoms with E-state index in [1.54, 1.807) is 11.6 Å². The summed E-state index contributed by atoms with van der Waals surface area (Å²) in [6.45, 7) is 3.13. The molecule has 3 rings (SSSR count). The Bertz CT molecular complexity index is 657. The first-order valence-electron chi connectivity index (χ1n) is 6.71. The average Bonchev–Trinajstić information content (AvgIpc) is 2.74. The van der Waals surface area contributed by atoms with Crippen molar-refractivity contribution >= 4 is 0 Å². The van der Waals surface area contributed by atoms with Gasteiger partial charge in [0.15, 0.2) is 0 Å². The third kappa shape index (κ3) is 2.39. The molecule has 0 saturated carbocycles. The van der Waals surface area contributed by atoms with Crippen LogP contribution < -0.4 is 5.69 Å². The number of nitrogens with zero attached hydrogens (tertiary/aromatic N) is 4. The predicted octanol–water partition coefficient (Wildman–Crippen LogP) is 0.0899.